The van der Waals surface area contributed by atoms with Crippen LogP contribution in [0.25, 0.3) is 10.2 Å². The summed E-state index contributed by atoms with van der Waals surface area (Å²) in [5.74, 6) is -0.193. The lowest BCUT2D eigenvalue weighted by atomic mass is 10.3. The number of hydrogen-bond acceptors (Lipinski definition) is 8. The number of carbonyl (C=O) groups is 1. The van der Waals surface area contributed by atoms with Crippen LogP contribution in [0.15, 0.2) is 47.4 Å². The lowest BCUT2D eigenvalue weighted by Gasteiger charge is -2.06. The zero-order chi connectivity index (χ0) is 19.4. The van der Waals surface area contributed by atoms with Gasteiger partial charge >= 0.3 is 0 Å². The third kappa shape index (κ3) is 4.12. The predicted molar refractivity (Wildman–Crippen MR) is 103 cm³/mol. The fraction of sp³-hybridized carbons (Fsp3) is 0.176. The van der Waals surface area contributed by atoms with Gasteiger partial charge in [-0.1, -0.05) is 29.5 Å². The molecule has 0 unspecified atom stereocenters. The Labute approximate surface area is 160 Å². The number of amides is 1. The number of rotatable bonds is 7. The molecule has 1 aromatic heterocycles. The van der Waals surface area contributed by atoms with Crippen molar-refractivity contribution >= 4 is 42.4 Å². The first-order chi connectivity index (χ1) is 12.9. The van der Waals surface area contributed by atoms with Gasteiger partial charge in [-0.05, 0) is 24.3 Å². The summed E-state index contributed by atoms with van der Waals surface area (Å²) < 4.78 is 35.8. The van der Waals surface area contributed by atoms with Gasteiger partial charge in [0.2, 0.25) is 5.13 Å². The first-order valence-corrected chi connectivity index (χ1v) is 10.3. The molecule has 8 nitrogen and oxygen atoms in total. The molecule has 10 heteroatoms. The highest BCUT2D eigenvalue weighted by molar-refractivity contribution is 7.92. The van der Waals surface area contributed by atoms with Crippen LogP contribution in [0.2, 0.25) is 0 Å². The number of hydrogen-bond donors (Lipinski definition) is 2. The first kappa shape index (κ1) is 18.9. The van der Waals surface area contributed by atoms with E-state index in [1.54, 1.807) is 37.4 Å². The second kappa shape index (κ2) is 7.80. The molecular formula is C17H17N3O5S2. The number of ether oxygens (including phenoxy) is 2. The van der Waals surface area contributed by atoms with Gasteiger partial charge in [0, 0.05) is 0 Å². The summed E-state index contributed by atoms with van der Waals surface area (Å²) in [4.78, 5) is 16.5. The number of carbonyl (C=O) groups excluding carboxylic acids is 1. The zero-order valence-electron chi connectivity index (χ0n) is 14.6. The quantitative estimate of drug-likeness (QED) is 0.579. The van der Waals surface area contributed by atoms with E-state index >= 15 is 0 Å². The Balaban J connectivity index is 1.72. The second-order valence-electron chi connectivity index (χ2n) is 5.41. The van der Waals surface area contributed by atoms with E-state index in [4.69, 9.17) is 9.47 Å². The monoisotopic (exact) mass is 407 g/mol. The van der Waals surface area contributed by atoms with Gasteiger partial charge in [-0.15, -0.1) is 0 Å². The molecule has 0 saturated heterocycles. The highest BCUT2D eigenvalue weighted by Crippen LogP contribution is 2.38. The summed E-state index contributed by atoms with van der Waals surface area (Å²) in [5, 5.41) is 0.373. The van der Waals surface area contributed by atoms with E-state index in [9.17, 15) is 13.2 Å². The Kier molecular flexibility index (Phi) is 5.47. The van der Waals surface area contributed by atoms with Gasteiger partial charge in [0.05, 0.1) is 19.1 Å². The van der Waals surface area contributed by atoms with Crippen LogP contribution < -0.4 is 20.3 Å². The molecule has 3 rings (SSSR count). The molecule has 0 aliphatic heterocycles. The molecule has 2 N–H and O–H groups in total. The third-order valence-electron chi connectivity index (χ3n) is 3.64. The van der Waals surface area contributed by atoms with Crippen LogP contribution in [-0.2, 0) is 14.6 Å². The molecular weight excluding hydrogens is 390 g/mol. The minimum atomic E-state index is -3.72. The van der Waals surface area contributed by atoms with Crippen molar-refractivity contribution < 1.29 is 22.7 Å². The number of nitrogens with one attached hydrogen (secondary N) is 2. The number of hydrazine groups is 1. The summed E-state index contributed by atoms with van der Waals surface area (Å²) in [6.07, 6.45) is 0. The standard InChI is InChI=1S/C17H17N3O5S2/c1-24-12-8-9-13(25-2)16-15(12)18-17(26-16)20-19-14(21)10-27(22,23)11-6-4-3-5-7-11/h3-9H,10H2,1-2H3,(H,18,20)(H,19,21). The SMILES string of the molecule is COc1ccc(OC)c2sc(NNC(=O)CS(=O)(=O)c3ccccc3)nc12. The number of benzene rings is 2. The largest absolute Gasteiger partial charge is 0.495 e. The summed E-state index contributed by atoms with van der Waals surface area (Å²) in [7, 11) is -0.641. The molecule has 0 aliphatic rings. The van der Waals surface area contributed by atoms with Gasteiger partial charge in [-0.2, -0.15) is 0 Å². The summed E-state index contributed by atoms with van der Waals surface area (Å²) >= 11 is 1.24. The number of nitrogens with zero attached hydrogens (tertiary/aromatic N) is 1. The smallest absolute Gasteiger partial charge is 0.253 e. The van der Waals surface area contributed by atoms with E-state index in [0.717, 1.165) is 4.70 Å². The fourth-order valence-corrected chi connectivity index (χ4v) is 4.47. The maximum absolute atomic E-state index is 12.2. The minimum absolute atomic E-state index is 0.0922. The number of aromatic nitrogens is 1. The van der Waals surface area contributed by atoms with E-state index < -0.39 is 21.5 Å². The predicted octanol–water partition coefficient (Wildman–Crippen LogP) is 2.23. The molecule has 2 aromatic carbocycles. The van der Waals surface area contributed by atoms with Crippen molar-refractivity contribution in [2.45, 2.75) is 4.90 Å². The van der Waals surface area contributed by atoms with Crippen LogP contribution >= 0.6 is 11.3 Å². The van der Waals surface area contributed by atoms with Crippen LogP contribution in [0.1, 0.15) is 0 Å². The number of anilines is 1. The molecule has 1 heterocycles. The number of methoxy groups -OCH3 is 2. The molecule has 0 saturated carbocycles. The van der Waals surface area contributed by atoms with Crippen molar-refractivity contribution in [3.05, 3.63) is 42.5 Å². The van der Waals surface area contributed by atoms with Crippen molar-refractivity contribution in [3.8, 4) is 11.5 Å². The molecule has 0 spiro atoms. The van der Waals surface area contributed by atoms with Gasteiger partial charge in [-0.3, -0.25) is 15.6 Å². The fourth-order valence-electron chi connectivity index (χ4n) is 2.38. The molecule has 3 aromatic rings. The van der Waals surface area contributed by atoms with Crippen molar-refractivity contribution in [3.63, 3.8) is 0 Å². The van der Waals surface area contributed by atoms with Crippen LogP contribution in [0, 0.1) is 0 Å². The normalized spacial score (nSPS) is 11.2. The van der Waals surface area contributed by atoms with Gasteiger partial charge in [0.1, 0.15) is 27.5 Å². The molecule has 0 radical (unpaired) electrons. The van der Waals surface area contributed by atoms with E-state index in [1.165, 1.54) is 30.6 Å². The Morgan fingerprint density at radius 1 is 1.07 bits per heavy atom. The van der Waals surface area contributed by atoms with Gasteiger partial charge in [0.25, 0.3) is 5.91 Å². The van der Waals surface area contributed by atoms with Crippen LogP contribution in [0.5, 0.6) is 11.5 Å². The second-order valence-corrected chi connectivity index (χ2v) is 8.40. The lowest BCUT2D eigenvalue weighted by Crippen LogP contribution is -2.34. The highest BCUT2D eigenvalue weighted by atomic mass is 32.2. The number of fused-ring (bicyclic) bond motifs is 1. The maximum Gasteiger partial charge on any atom is 0.253 e. The van der Waals surface area contributed by atoms with Crippen LogP contribution in [0.3, 0.4) is 0 Å². The molecule has 142 valence electrons. The Morgan fingerprint density at radius 3 is 2.41 bits per heavy atom. The Bertz CT molecular complexity index is 1020. The van der Waals surface area contributed by atoms with Crippen molar-refractivity contribution in [1.82, 2.24) is 10.4 Å². The molecule has 0 bridgehead atoms. The molecule has 0 fully saturated rings. The van der Waals surface area contributed by atoms with Gasteiger partial charge in [-0.25, -0.2) is 13.4 Å². The van der Waals surface area contributed by atoms with Crippen LogP contribution in [0.4, 0.5) is 5.13 Å². The number of sulfone groups is 1. The van der Waals surface area contributed by atoms with Gasteiger partial charge in [0.15, 0.2) is 9.84 Å². The molecule has 0 aliphatic carbocycles. The number of thiazole rings is 1. The van der Waals surface area contributed by atoms with Gasteiger partial charge < -0.3 is 9.47 Å². The summed E-state index contributed by atoms with van der Waals surface area (Å²) in [5.41, 5.74) is 5.58. The topological polar surface area (TPSA) is 107 Å². The Hall–Kier alpha value is -2.85. The molecule has 1 amide bonds. The first-order valence-electron chi connectivity index (χ1n) is 7.79. The highest BCUT2D eigenvalue weighted by Gasteiger charge is 2.19. The van der Waals surface area contributed by atoms with E-state index in [-0.39, 0.29) is 4.90 Å². The Morgan fingerprint density at radius 2 is 1.74 bits per heavy atom. The molecule has 27 heavy (non-hydrogen) atoms. The third-order valence-corrected chi connectivity index (χ3v) is 6.26. The van der Waals surface area contributed by atoms with Crippen LogP contribution in [-0.4, -0.2) is 39.3 Å². The van der Waals surface area contributed by atoms with Crippen molar-refractivity contribution in [2.24, 2.45) is 0 Å². The average Bonchev–Trinajstić information content (AvgIpc) is 3.10. The lowest BCUT2D eigenvalue weighted by molar-refractivity contribution is -0.118. The van der Waals surface area contributed by atoms with E-state index in [1.807, 2.05) is 0 Å². The van der Waals surface area contributed by atoms with E-state index in [0.29, 0.717) is 22.1 Å². The summed E-state index contributed by atoms with van der Waals surface area (Å²) in [6, 6.07) is 11.3. The average molecular weight is 407 g/mol. The summed E-state index contributed by atoms with van der Waals surface area (Å²) in [6.45, 7) is 0. The molecule has 0 atom stereocenters. The van der Waals surface area contributed by atoms with E-state index in [2.05, 4.69) is 15.8 Å². The van der Waals surface area contributed by atoms with Crippen molar-refractivity contribution in [2.75, 3.05) is 25.4 Å². The maximum atomic E-state index is 12.2. The van der Waals surface area contributed by atoms with Crippen molar-refractivity contribution in [1.29, 1.82) is 0 Å². The minimum Gasteiger partial charge on any atom is -0.495 e. The zero-order valence-corrected chi connectivity index (χ0v) is 16.2.